The first kappa shape index (κ1) is 35.5. The topological polar surface area (TPSA) is 66.8 Å². The summed E-state index contributed by atoms with van der Waals surface area (Å²) in [6, 6.07) is 7.98. The minimum atomic E-state index is -3.15. The fourth-order valence-electron chi connectivity index (χ4n) is 4.80. The van der Waals surface area contributed by atoms with E-state index < -0.39 is 7.37 Å². The van der Waals surface area contributed by atoms with Gasteiger partial charge in [0, 0.05) is 0 Å². The third-order valence-electron chi connectivity index (χ3n) is 6.78. The van der Waals surface area contributed by atoms with Gasteiger partial charge in [-0.05, 0) is 62.0 Å². The maximum absolute atomic E-state index is 14.4. The molecule has 38 heavy (non-hydrogen) atoms. The van der Waals surface area contributed by atoms with Gasteiger partial charge in [0.1, 0.15) is 11.5 Å². The van der Waals surface area contributed by atoms with Crippen molar-refractivity contribution in [1.82, 2.24) is 0 Å². The number of benzene rings is 2. The first-order chi connectivity index (χ1) is 16.5. The second-order valence-corrected chi connectivity index (χ2v) is 17.1. The van der Waals surface area contributed by atoms with E-state index in [9.17, 15) is 14.8 Å². The van der Waals surface area contributed by atoms with Crippen molar-refractivity contribution in [2.24, 2.45) is 0 Å². The molecule has 0 unspecified atom stereocenters. The van der Waals surface area contributed by atoms with Crippen molar-refractivity contribution in [2.45, 2.75) is 124 Å². The molecule has 0 saturated heterocycles. The number of phenolic OH excluding ortho intramolecular Hbond substituents is 2. The maximum atomic E-state index is 14.4. The van der Waals surface area contributed by atoms with E-state index >= 15 is 0 Å². The Bertz CT molecular complexity index is 1030. The Morgan fingerprint density at radius 1 is 0.632 bits per heavy atom. The van der Waals surface area contributed by atoms with Gasteiger partial charge in [0.05, 0.1) is 18.9 Å². The van der Waals surface area contributed by atoms with Gasteiger partial charge in [0.15, 0.2) is 0 Å². The predicted octanol–water partition coefficient (Wildman–Crippen LogP) is 9.15. The Morgan fingerprint density at radius 2 is 0.868 bits per heavy atom. The smallest absolute Gasteiger partial charge is 1.00 e. The second kappa shape index (κ2) is 12.2. The summed E-state index contributed by atoms with van der Waals surface area (Å²) < 4.78 is 20.4. The molecule has 2 aromatic carbocycles. The molecule has 0 amide bonds. The second-order valence-electron chi connectivity index (χ2n) is 14.6. The van der Waals surface area contributed by atoms with Gasteiger partial charge in [-0.25, -0.2) is 0 Å². The number of rotatable bonds is 6. The van der Waals surface area contributed by atoms with Crippen LogP contribution >= 0.6 is 7.37 Å². The summed E-state index contributed by atoms with van der Waals surface area (Å²) in [6.45, 7) is 27.2. The molecule has 0 aromatic heterocycles. The first-order valence-electron chi connectivity index (χ1n) is 13.5. The maximum Gasteiger partial charge on any atom is 2.00 e. The molecule has 2 rings (SSSR count). The zero-order valence-electron chi connectivity index (χ0n) is 28.3. The molecule has 0 radical (unpaired) electrons. The minimum Gasteiger partial charge on any atom is -1.00 e. The summed E-state index contributed by atoms with van der Waals surface area (Å²) >= 11 is 0. The van der Waals surface area contributed by atoms with Gasteiger partial charge in [-0.1, -0.05) is 107 Å². The zero-order chi connectivity index (χ0) is 28.8. The molecular formula is C32H53CaO4P. The van der Waals surface area contributed by atoms with E-state index in [2.05, 4.69) is 83.1 Å². The van der Waals surface area contributed by atoms with Gasteiger partial charge in [-0.15, -0.1) is 0 Å². The van der Waals surface area contributed by atoms with Crippen LogP contribution in [0.25, 0.3) is 0 Å². The number of hydrogen-bond acceptors (Lipinski definition) is 4. The molecule has 2 N–H and O–H groups in total. The summed E-state index contributed by atoms with van der Waals surface area (Å²) in [5.41, 5.74) is 4.17. The minimum absolute atomic E-state index is 0. The third-order valence-corrected chi connectivity index (χ3v) is 9.21. The van der Waals surface area contributed by atoms with Crippen molar-refractivity contribution in [1.29, 1.82) is 0 Å². The van der Waals surface area contributed by atoms with Gasteiger partial charge in [-0.3, -0.25) is 4.57 Å². The van der Waals surface area contributed by atoms with E-state index in [0.717, 1.165) is 33.4 Å². The monoisotopic (exact) mass is 572 g/mol. The van der Waals surface area contributed by atoms with Gasteiger partial charge in [0.25, 0.3) is 0 Å². The molecule has 0 aliphatic heterocycles. The molecule has 0 heterocycles. The molecule has 212 valence electrons. The summed E-state index contributed by atoms with van der Waals surface area (Å²) in [5, 5.41) is 22.3. The van der Waals surface area contributed by atoms with Crippen LogP contribution in [0.15, 0.2) is 24.3 Å². The van der Waals surface area contributed by atoms with Crippen molar-refractivity contribution in [3.63, 3.8) is 0 Å². The molecule has 4 nitrogen and oxygen atoms in total. The zero-order valence-corrected chi connectivity index (χ0v) is 29.4. The van der Waals surface area contributed by atoms with Crippen LogP contribution in [0.2, 0.25) is 0 Å². The van der Waals surface area contributed by atoms with Gasteiger partial charge >= 0.3 is 37.7 Å². The van der Waals surface area contributed by atoms with E-state index in [1.54, 1.807) is 0 Å². The van der Waals surface area contributed by atoms with Gasteiger partial charge < -0.3 is 17.6 Å². The molecule has 6 heteroatoms. The van der Waals surface area contributed by atoms with Crippen LogP contribution in [0, 0.1) is 0 Å². The molecule has 0 spiro atoms. The Balaban J connectivity index is 0. The summed E-state index contributed by atoms with van der Waals surface area (Å²) in [6.07, 6.45) is 0.563. The Morgan fingerprint density at radius 3 is 1.05 bits per heavy atom. The largest absolute Gasteiger partial charge is 2.00 e. The summed E-state index contributed by atoms with van der Waals surface area (Å²) in [5.74, 6) is 0.635. The molecule has 0 aliphatic carbocycles. The fourth-order valence-corrected chi connectivity index (χ4v) is 7.04. The average molecular weight is 573 g/mol. The standard InChI is InChI=1S/C32H51O4P.Ca.2H/c1-14-36-37(35,19-21-15-23(29(2,3)4)27(33)24(16-21)30(5,6)7)20-22-17-25(31(8,9)10)28(34)26(18-22)32(11,12)13;;;/h15-18,33-34H,14,19-20H2,1-13H3;;;/q;+2;2*-1. The molecule has 0 fully saturated rings. The van der Waals surface area contributed by atoms with Gasteiger partial charge in [-0.2, -0.15) is 0 Å². The van der Waals surface area contributed by atoms with E-state index in [1.807, 2.05) is 31.2 Å². The van der Waals surface area contributed by atoms with Crippen LogP contribution in [0.1, 0.15) is 126 Å². The number of phenols is 2. The molecule has 0 atom stereocenters. The van der Waals surface area contributed by atoms with Crippen molar-refractivity contribution < 1.29 is 22.2 Å². The van der Waals surface area contributed by atoms with Crippen molar-refractivity contribution in [3.8, 4) is 11.5 Å². The fraction of sp³-hybridized carbons (Fsp3) is 0.625. The Hall–Kier alpha value is -0.510. The average Bonchev–Trinajstić information content (AvgIpc) is 2.67. The number of hydrogen-bond donors (Lipinski definition) is 2. The number of aromatic hydroxyl groups is 2. The van der Waals surface area contributed by atoms with E-state index in [4.69, 9.17) is 4.52 Å². The normalized spacial score (nSPS) is 13.4. The Labute approximate surface area is 265 Å². The van der Waals surface area contributed by atoms with Crippen LogP contribution in [-0.4, -0.2) is 54.6 Å². The van der Waals surface area contributed by atoms with Crippen LogP contribution in [0.5, 0.6) is 11.5 Å². The molecular weight excluding hydrogens is 519 g/mol. The summed E-state index contributed by atoms with van der Waals surface area (Å²) in [7, 11) is -3.15. The Kier molecular flexibility index (Phi) is 11.4. The van der Waals surface area contributed by atoms with Crippen LogP contribution in [0.4, 0.5) is 0 Å². The van der Waals surface area contributed by atoms with Crippen LogP contribution < -0.4 is 0 Å². The van der Waals surface area contributed by atoms with Crippen molar-refractivity contribution >= 4 is 45.1 Å². The first-order valence-corrected chi connectivity index (χ1v) is 15.5. The van der Waals surface area contributed by atoms with Crippen molar-refractivity contribution in [2.75, 3.05) is 6.61 Å². The molecule has 0 bridgehead atoms. The predicted molar refractivity (Wildman–Crippen MR) is 166 cm³/mol. The van der Waals surface area contributed by atoms with Crippen LogP contribution in [0.3, 0.4) is 0 Å². The molecule has 2 aromatic rings. The molecule has 0 saturated carbocycles. The van der Waals surface area contributed by atoms with E-state index in [1.165, 1.54) is 0 Å². The SMILES string of the molecule is CCOP(=O)(Cc1cc(C(C)(C)C)c(O)c(C(C)(C)C)c1)Cc1cc(C(C)(C)C)c(O)c(C(C)(C)C)c1.[Ca+2].[H-].[H-]. The van der Waals surface area contributed by atoms with E-state index in [0.29, 0.717) is 18.1 Å². The van der Waals surface area contributed by atoms with E-state index in [-0.39, 0.29) is 74.6 Å². The summed E-state index contributed by atoms with van der Waals surface area (Å²) in [4.78, 5) is 0. The molecule has 0 aliphatic rings. The third kappa shape index (κ3) is 8.74. The quantitative estimate of drug-likeness (QED) is 0.268. The van der Waals surface area contributed by atoms with Crippen LogP contribution in [-0.2, 0) is 43.1 Å². The van der Waals surface area contributed by atoms with Crippen molar-refractivity contribution in [3.05, 3.63) is 57.6 Å². The van der Waals surface area contributed by atoms with Gasteiger partial charge in [0.2, 0.25) is 7.37 Å².